The molecule has 2 unspecified atom stereocenters. The van der Waals surface area contributed by atoms with Crippen LogP contribution in [0.2, 0.25) is 0 Å². The van der Waals surface area contributed by atoms with Crippen LogP contribution in [0.1, 0.15) is 62.1 Å². The molecule has 0 bridgehead atoms. The average molecular weight is 737 g/mol. The summed E-state index contributed by atoms with van der Waals surface area (Å²) in [6.07, 6.45) is 0.108. The van der Waals surface area contributed by atoms with Gasteiger partial charge in [-0.3, -0.25) is 9.59 Å². The molecule has 13 heteroatoms. The van der Waals surface area contributed by atoms with Crippen molar-refractivity contribution < 1.29 is 42.9 Å². The maximum absolute atomic E-state index is 13.1. The van der Waals surface area contributed by atoms with E-state index in [-0.39, 0.29) is 50.5 Å². The van der Waals surface area contributed by atoms with Gasteiger partial charge >= 0.3 is 24.0 Å². The molecule has 1 saturated heterocycles. The van der Waals surface area contributed by atoms with Gasteiger partial charge in [0.25, 0.3) is 0 Å². The van der Waals surface area contributed by atoms with Gasteiger partial charge in [0, 0.05) is 43.6 Å². The molecule has 1 fully saturated rings. The standard InChI is InChI=1S/C41H44N4O9/c1-27-32(9-5-17-53-38(47)20-30-7-4-8-31(19-30)25-43)21-34(39(48)51-2)22-33(27)10-6-18-54-41(50)44-35-23-36(40(49)52-3)45(26-35)37(46)16-15-28-11-13-29(24-42)14-12-28/h4,7-8,11-14,19,21-22,35-36H,15-18,20,23-26,42-43H2,1-3H3,(H,44,50). The van der Waals surface area contributed by atoms with Gasteiger partial charge in [-0.2, -0.15) is 0 Å². The lowest BCUT2D eigenvalue weighted by molar-refractivity contribution is -0.150. The molecule has 0 spiro atoms. The van der Waals surface area contributed by atoms with Crippen LogP contribution in [-0.2, 0) is 59.3 Å². The first-order valence-electron chi connectivity index (χ1n) is 17.3. The van der Waals surface area contributed by atoms with E-state index in [1.165, 1.54) is 19.1 Å². The number of aryl methyl sites for hydroxylation is 1. The number of carbonyl (C=O) groups excluding carboxylic acids is 5. The summed E-state index contributed by atoms with van der Waals surface area (Å²) >= 11 is 0. The fourth-order valence-corrected chi connectivity index (χ4v) is 5.80. The van der Waals surface area contributed by atoms with Crippen molar-refractivity contribution in [2.45, 2.75) is 57.8 Å². The number of amides is 2. The van der Waals surface area contributed by atoms with Crippen molar-refractivity contribution in [1.29, 1.82) is 0 Å². The minimum atomic E-state index is -0.846. The summed E-state index contributed by atoms with van der Waals surface area (Å²) in [5.41, 5.74) is 16.7. The monoisotopic (exact) mass is 736 g/mol. The van der Waals surface area contributed by atoms with E-state index in [2.05, 4.69) is 29.0 Å². The number of benzene rings is 3. The SMILES string of the molecule is COC(=O)c1cc(C#CCOC(=O)Cc2cccc(CN)c2)c(C)c(C#CCOC(=O)NC2CC(C(=O)OC)N(C(=O)CCc3ccc(CN)cc3)C2)c1. The number of esters is 3. The smallest absolute Gasteiger partial charge is 0.408 e. The van der Waals surface area contributed by atoms with Gasteiger partial charge in [-0.05, 0) is 53.3 Å². The number of ether oxygens (including phenoxy) is 4. The van der Waals surface area contributed by atoms with Crippen molar-refractivity contribution in [3.63, 3.8) is 0 Å². The zero-order valence-corrected chi connectivity index (χ0v) is 30.6. The quantitative estimate of drug-likeness (QED) is 0.141. The lowest BCUT2D eigenvalue weighted by Crippen LogP contribution is -2.42. The number of methoxy groups -OCH3 is 2. The molecule has 0 radical (unpaired) electrons. The summed E-state index contributed by atoms with van der Waals surface area (Å²) in [5.74, 6) is 9.55. The maximum Gasteiger partial charge on any atom is 0.408 e. The van der Waals surface area contributed by atoms with Crippen molar-refractivity contribution in [1.82, 2.24) is 10.2 Å². The van der Waals surface area contributed by atoms with Crippen LogP contribution in [0.25, 0.3) is 0 Å². The zero-order valence-electron chi connectivity index (χ0n) is 30.6. The molecule has 54 heavy (non-hydrogen) atoms. The molecular weight excluding hydrogens is 692 g/mol. The Morgan fingerprint density at radius 3 is 2.07 bits per heavy atom. The Hall–Kier alpha value is -6.15. The molecule has 3 aromatic rings. The topological polar surface area (TPSA) is 190 Å². The van der Waals surface area contributed by atoms with E-state index < -0.39 is 36.1 Å². The Kier molecular flexibility index (Phi) is 15.2. The number of hydrogen-bond acceptors (Lipinski definition) is 11. The number of nitrogens with zero attached hydrogens (tertiary/aromatic N) is 1. The van der Waals surface area contributed by atoms with E-state index in [1.807, 2.05) is 48.5 Å². The second kappa shape index (κ2) is 20.2. The molecule has 1 heterocycles. The molecule has 3 aromatic carbocycles. The van der Waals surface area contributed by atoms with Crippen LogP contribution < -0.4 is 16.8 Å². The third kappa shape index (κ3) is 11.7. The van der Waals surface area contributed by atoms with Crippen LogP contribution in [0.15, 0.2) is 60.7 Å². The van der Waals surface area contributed by atoms with Gasteiger partial charge in [0.1, 0.15) is 6.04 Å². The van der Waals surface area contributed by atoms with Crippen molar-refractivity contribution in [3.8, 4) is 23.7 Å². The van der Waals surface area contributed by atoms with Crippen LogP contribution in [-0.4, -0.2) is 80.9 Å². The molecule has 13 nitrogen and oxygen atoms in total. The Bertz CT molecular complexity index is 1970. The minimum absolute atomic E-state index is 0.0747. The third-order valence-electron chi connectivity index (χ3n) is 8.73. The number of hydrogen-bond donors (Lipinski definition) is 3. The van der Waals surface area contributed by atoms with Crippen molar-refractivity contribution in [2.24, 2.45) is 11.5 Å². The van der Waals surface area contributed by atoms with Crippen LogP contribution >= 0.6 is 0 Å². The summed E-state index contributed by atoms with van der Waals surface area (Å²) in [7, 11) is 2.50. The van der Waals surface area contributed by atoms with Gasteiger partial charge in [0.05, 0.1) is 32.2 Å². The first kappa shape index (κ1) is 40.6. The van der Waals surface area contributed by atoms with Crippen LogP contribution in [0, 0.1) is 30.6 Å². The Labute approximate surface area is 314 Å². The van der Waals surface area contributed by atoms with Crippen LogP contribution in [0.5, 0.6) is 0 Å². The molecule has 0 aliphatic carbocycles. The van der Waals surface area contributed by atoms with Crippen LogP contribution in [0.3, 0.4) is 0 Å². The summed E-state index contributed by atoms with van der Waals surface area (Å²) in [6, 6.07) is 16.7. The number of nitrogens with one attached hydrogen (secondary N) is 1. The number of carbonyl (C=O) groups is 5. The number of alkyl carbamates (subject to hydrolysis) is 1. The summed E-state index contributed by atoms with van der Waals surface area (Å²) < 4.78 is 20.3. The summed E-state index contributed by atoms with van der Waals surface area (Å²) in [6.45, 7) is 2.20. The van der Waals surface area contributed by atoms with E-state index in [0.29, 0.717) is 36.2 Å². The largest absolute Gasteiger partial charge is 0.467 e. The number of likely N-dealkylation sites (tertiary alicyclic amines) is 1. The Balaban J connectivity index is 1.33. The van der Waals surface area contributed by atoms with Gasteiger partial charge in [0.15, 0.2) is 13.2 Å². The fourth-order valence-electron chi connectivity index (χ4n) is 5.80. The molecule has 0 saturated carbocycles. The van der Waals surface area contributed by atoms with Gasteiger partial charge in [-0.25, -0.2) is 14.4 Å². The highest BCUT2D eigenvalue weighted by molar-refractivity contribution is 5.90. The molecule has 2 amide bonds. The molecule has 2 atom stereocenters. The van der Waals surface area contributed by atoms with Gasteiger partial charge < -0.3 is 40.6 Å². The van der Waals surface area contributed by atoms with E-state index in [4.69, 9.17) is 30.4 Å². The van der Waals surface area contributed by atoms with E-state index in [1.54, 1.807) is 19.1 Å². The second-order valence-corrected chi connectivity index (χ2v) is 12.4. The van der Waals surface area contributed by atoms with Crippen molar-refractivity contribution >= 4 is 29.9 Å². The zero-order chi connectivity index (χ0) is 39.0. The molecule has 1 aliphatic rings. The fraction of sp³-hybridized carbons (Fsp3) is 0.341. The van der Waals surface area contributed by atoms with Gasteiger partial charge in [0.2, 0.25) is 5.91 Å². The first-order chi connectivity index (χ1) is 26.0. The highest BCUT2D eigenvalue weighted by atomic mass is 16.5. The van der Waals surface area contributed by atoms with Gasteiger partial charge in [-0.1, -0.05) is 72.2 Å². The lowest BCUT2D eigenvalue weighted by atomic mass is 9.99. The predicted molar refractivity (Wildman–Crippen MR) is 198 cm³/mol. The van der Waals surface area contributed by atoms with Crippen molar-refractivity contribution in [3.05, 3.63) is 105 Å². The number of rotatable bonds is 12. The van der Waals surface area contributed by atoms with Crippen LogP contribution in [0.4, 0.5) is 4.79 Å². The first-order valence-corrected chi connectivity index (χ1v) is 17.3. The van der Waals surface area contributed by atoms with E-state index in [9.17, 15) is 24.0 Å². The highest BCUT2D eigenvalue weighted by Crippen LogP contribution is 2.22. The average Bonchev–Trinajstić information content (AvgIpc) is 3.61. The minimum Gasteiger partial charge on any atom is -0.467 e. The summed E-state index contributed by atoms with van der Waals surface area (Å²) in [5, 5.41) is 2.70. The maximum atomic E-state index is 13.1. The normalized spacial score (nSPS) is 14.4. The second-order valence-electron chi connectivity index (χ2n) is 12.4. The Morgan fingerprint density at radius 1 is 0.815 bits per heavy atom. The lowest BCUT2D eigenvalue weighted by Gasteiger charge is -2.22. The summed E-state index contributed by atoms with van der Waals surface area (Å²) in [4.78, 5) is 64.5. The molecule has 0 aromatic heterocycles. The van der Waals surface area contributed by atoms with E-state index in [0.717, 1.165) is 22.3 Å². The molecule has 5 N–H and O–H groups in total. The van der Waals surface area contributed by atoms with Crippen molar-refractivity contribution in [2.75, 3.05) is 34.0 Å². The third-order valence-corrected chi connectivity index (χ3v) is 8.73. The molecule has 1 aliphatic heterocycles. The number of nitrogens with two attached hydrogens (primary N) is 2. The molecule has 4 rings (SSSR count). The Morgan fingerprint density at radius 2 is 1.44 bits per heavy atom. The molecular formula is C41H44N4O9. The van der Waals surface area contributed by atoms with Gasteiger partial charge in [-0.15, -0.1) is 0 Å². The molecule has 282 valence electrons. The predicted octanol–water partition coefficient (Wildman–Crippen LogP) is 2.69. The van der Waals surface area contributed by atoms with E-state index >= 15 is 0 Å². The highest BCUT2D eigenvalue weighted by Gasteiger charge is 2.40.